The molecule has 0 radical (unpaired) electrons. The zero-order valence-electron chi connectivity index (χ0n) is 15.0. The van der Waals surface area contributed by atoms with Crippen molar-refractivity contribution in [3.05, 3.63) is 54.1 Å². The molecule has 6 heteroatoms. The van der Waals surface area contributed by atoms with E-state index in [1.807, 2.05) is 12.1 Å². The molecule has 5 N–H and O–H groups in total. The number of anilines is 3. The van der Waals surface area contributed by atoms with E-state index in [-0.39, 0.29) is 0 Å². The molecule has 1 saturated heterocycles. The highest BCUT2D eigenvalue weighted by Gasteiger charge is 2.16. The molecule has 0 bridgehead atoms. The fourth-order valence-electron chi connectivity index (χ4n) is 3.39. The Morgan fingerprint density at radius 3 is 2.42 bits per heavy atom. The van der Waals surface area contributed by atoms with Gasteiger partial charge >= 0.3 is 0 Å². The van der Waals surface area contributed by atoms with Gasteiger partial charge in [0.05, 0.1) is 5.56 Å². The first-order valence-corrected chi connectivity index (χ1v) is 9.09. The number of piperazine rings is 1. The Hall–Kier alpha value is -2.73. The van der Waals surface area contributed by atoms with Crippen molar-refractivity contribution in [3.8, 4) is 0 Å². The summed E-state index contributed by atoms with van der Waals surface area (Å²) in [6.07, 6.45) is 0.998. The summed E-state index contributed by atoms with van der Waals surface area (Å²) in [5, 5.41) is 3.29. The molecule has 0 unspecified atom stereocenters. The van der Waals surface area contributed by atoms with E-state index in [9.17, 15) is 4.79 Å². The summed E-state index contributed by atoms with van der Waals surface area (Å²) in [7, 11) is 0. The van der Waals surface area contributed by atoms with Crippen molar-refractivity contribution >= 4 is 23.0 Å². The molecule has 1 aliphatic rings. The van der Waals surface area contributed by atoms with Gasteiger partial charge in [0.2, 0.25) is 0 Å². The number of hydrogen-bond acceptors (Lipinski definition) is 5. The topological polar surface area (TPSA) is 87.6 Å². The quantitative estimate of drug-likeness (QED) is 0.523. The zero-order chi connectivity index (χ0) is 18.4. The number of hydrogen-bond donors (Lipinski definition) is 3. The maximum atomic E-state index is 11.6. The van der Waals surface area contributed by atoms with Crippen LogP contribution < -0.4 is 21.7 Å². The minimum atomic E-state index is -0.498. The monoisotopic (exact) mass is 353 g/mol. The smallest absolute Gasteiger partial charge is 0.252 e. The second kappa shape index (κ2) is 8.58. The molecule has 1 amide bonds. The molecule has 0 spiro atoms. The first-order chi connectivity index (χ1) is 12.6. The summed E-state index contributed by atoms with van der Waals surface area (Å²) < 4.78 is 0. The highest BCUT2D eigenvalue weighted by molar-refractivity contribution is 6.03. The Balaban J connectivity index is 1.42. The van der Waals surface area contributed by atoms with E-state index in [2.05, 4.69) is 45.4 Å². The SMILES string of the molecule is NC(=O)c1c(N)cccc1NCCCN1CCN(c2ccccc2)CC1. The second-order valence-electron chi connectivity index (χ2n) is 6.58. The van der Waals surface area contributed by atoms with Crippen LogP contribution in [0.2, 0.25) is 0 Å². The molecule has 3 rings (SSSR count). The number of rotatable bonds is 7. The van der Waals surface area contributed by atoms with Gasteiger partial charge in [-0.05, 0) is 37.2 Å². The van der Waals surface area contributed by atoms with Crippen molar-refractivity contribution in [3.63, 3.8) is 0 Å². The molecule has 6 nitrogen and oxygen atoms in total. The molecule has 0 atom stereocenters. The van der Waals surface area contributed by atoms with Crippen LogP contribution in [0, 0.1) is 0 Å². The standard InChI is InChI=1S/C20H27N5O/c21-17-8-4-9-18(19(17)20(22)26)23-10-5-11-24-12-14-25(15-13-24)16-6-2-1-3-7-16/h1-4,6-9,23H,5,10-15,21H2,(H2,22,26). The summed E-state index contributed by atoms with van der Waals surface area (Å²) >= 11 is 0. The van der Waals surface area contributed by atoms with E-state index in [1.54, 1.807) is 6.07 Å². The lowest BCUT2D eigenvalue weighted by molar-refractivity contribution is 0.100. The van der Waals surface area contributed by atoms with Gasteiger partial charge in [-0.1, -0.05) is 24.3 Å². The molecule has 0 aromatic heterocycles. The van der Waals surface area contributed by atoms with Gasteiger partial charge in [0.25, 0.3) is 5.91 Å². The normalized spacial score (nSPS) is 15.0. The summed E-state index contributed by atoms with van der Waals surface area (Å²) in [4.78, 5) is 16.5. The van der Waals surface area contributed by atoms with Gasteiger partial charge in [0, 0.05) is 49.8 Å². The Morgan fingerprint density at radius 1 is 1.00 bits per heavy atom. The number of primary amides is 1. The van der Waals surface area contributed by atoms with Crippen LogP contribution in [0.3, 0.4) is 0 Å². The number of carbonyl (C=O) groups is 1. The van der Waals surface area contributed by atoms with Crippen molar-refractivity contribution in [2.24, 2.45) is 5.73 Å². The van der Waals surface area contributed by atoms with Gasteiger partial charge < -0.3 is 21.7 Å². The molecule has 1 aliphatic heterocycles. The van der Waals surface area contributed by atoms with E-state index in [1.165, 1.54) is 5.69 Å². The number of carbonyl (C=O) groups excluding carboxylic acids is 1. The zero-order valence-corrected chi connectivity index (χ0v) is 15.0. The van der Waals surface area contributed by atoms with Crippen LogP contribution >= 0.6 is 0 Å². The number of para-hydroxylation sites is 1. The van der Waals surface area contributed by atoms with Crippen LogP contribution in [0.4, 0.5) is 17.1 Å². The van der Waals surface area contributed by atoms with E-state index in [0.29, 0.717) is 16.9 Å². The number of nitrogen functional groups attached to an aromatic ring is 1. The van der Waals surface area contributed by atoms with E-state index in [0.717, 1.165) is 45.7 Å². The highest BCUT2D eigenvalue weighted by atomic mass is 16.1. The van der Waals surface area contributed by atoms with Gasteiger partial charge in [0.1, 0.15) is 0 Å². The predicted molar refractivity (Wildman–Crippen MR) is 108 cm³/mol. The summed E-state index contributed by atoms with van der Waals surface area (Å²) in [5.74, 6) is -0.498. The average molecular weight is 353 g/mol. The van der Waals surface area contributed by atoms with Crippen molar-refractivity contribution < 1.29 is 4.79 Å². The molecule has 26 heavy (non-hydrogen) atoms. The molecular formula is C20H27N5O. The molecular weight excluding hydrogens is 326 g/mol. The van der Waals surface area contributed by atoms with E-state index in [4.69, 9.17) is 11.5 Å². The van der Waals surface area contributed by atoms with E-state index >= 15 is 0 Å². The Morgan fingerprint density at radius 2 is 1.73 bits per heavy atom. The van der Waals surface area contributed by atoms with Gasteiger partial charge in [-0.25, -0.2) is 0 Å². The highest BCUT2D eigenvalue weighted by Crippen LogP contribution is 2.21. The number of nitrogens with zero attached hydrogens (tertiary/aromatic N) is 2. The third kappa shape index (κ3) is 4.46. The van der Waals surface area contributed by atoms with Gasteiger partial charge in [0.15, 0.2) is 0 Å². The van der Waals surface area contributed by atoms with Gasteiger partial charge in [-0.3, -0.25) is 9.69 Å². The Labute approximate surface area is 154 Å². The molecule has 0 aliphatic carbocycles. The third-order valence-corrected chi connectivity index (χ3v) is 4.80. The summed E-state index contributed by atoms with van der Waals surface area (Å²) in [6.45, 7) is 6.06. The van der Waals surface area contributed by atoms with Crippen LogP contribution in [0.1, 0.15) is 16.8 Å². The molecule has 2 aromatic carbocycles. The number of amides is 1. The number of nitrogens with two attached hydrogens (primary N) is 2. The molecule has 138 valence electrons. The average Bonchev–Trinajstić information content (AvgIpc) is 2.66. The fourth-order valence-corrected chi connectivity index (χ4v) is 3.39. The lowest BCUT2D eigenvalue weighted by Gasteiger charge is -2.36. The maximum absolute atomic E-state index is 11.6. The summed E-state index contributed by atoms with van der Waals surface area (Å²) in [5.41, 5.74) is 14.1. The Bertz CT molecular complexity index is 726. The van der Waals surface area contributed by atoms with Crippen LogP contribution in [0.5, 0.6) is 0 Å². The minimum Gasteiger partial charge on any atom is -0.398 e. The second-order valence-corrected chi connectivity index (χ2v) is 6.58. The molecule has 2 aromatic rings. The van der Waals surface area contributed by atoms with Gasteiger partial charge in [-0.2, -0.15) is 0 Å². The summed E-state index contributed by atoms with van der Waals surface area (Å²) in [6, 6.07) is 15.9. The lowest BCUT2D eigenvalue weighted by atomic mass is 10.1. The van der Waals surface area contributed by atoms with Crippen LogP contribution in [0.25, 0.3) is 0 Å². The first-order valence-electron chi connectivity index (χ1n) is 9.09. The van der Waals surface area contributed by atoms with Crippen molar-refractivity contribution in [2.75, 3.05) is 55.2 Å². The predicted octanol–water partition coefficient (Wildman–Crippen LogP) is 1.99. The molecule has 1 fully saturated rings. The van der Waals surface area contributed by atoms with Crippen LogP contribution in [-0.4, -0.2) is 50.1 Å². The largest absolute Gasteiger partial charge is 0.398 e. The first kappa shape index (κ1) is 18.1. The third-order valence-electron chi connectivity index (χ3n) is 4.80. The van der Waals surface area contributed by atoms with Crippen molar-refractivity contribution in [2.45, 2.75) is 6.42 Å². The van der Waals surface area contributed by atoms with Crippen molar-refractivity contribution in [1.82, 2.24) is 4.90 Å². The molecule has 0 saturated carbocycles. The Kier molecular flexibility index (Phi) is 5.96. The number of nitrogens with one attached hydrogen (secondary N) is 1. The van der Waals surface area contributed by atoms with E-state index < -0.39 is 5.91 Å². The fraction of sp³-hybridized carbons (Fsp3) is 0.350. The lowest BCUT2D eigenvalue weighted by Crippen LogP contribution is -2.46. The maximum Gasteiger partial charge on any atom is 0.252 e. The van der Waals surface area contributed by atoms with Crippen LogP contribution in [-0.2, 0) is 0 Å². The number of benzene rings is 2. The van der Waals surface area contributed by atoms with Crippen LogP contribution in [0.15, 0.2) is 48.5 Å². The molecule has 1 heterocycles. The van der Waals surface area contributed by atoms with Gasteiger partial charge in [-0.15, -0.1) is 0 Å². The van der Waals surface area contributed by atoms with Crippen molar-refractivity contribution in [1.29, 1.82) is 0 Å². The minimum absolute atomic E-state index is 0.379.